The van der Waals surface area contributed by atoms with Crippen LogP contribution in [-0.4, -0.2) is 78.4 Å². The maximum absolute atomic E-state index is 14.4. The maximum Gasteiger partial charge on any atom is 0.315 e. The molecule has 4 aliphatic rings. The number of nitrogens with one attached hydrogen (secondary N) is 5. The van der Waals surface area contributed by atoms with Crippen molar-refractivity contribution in [1.82, 2.24) is 31.5 Å². The van der Waals surface area contributed by atoms with Gasteiger partial charge in [0.25, 0.3) is 0 Å². The van der Waals surface area contributed by atoms with Crippen molar-refractivity contribution in [3.63, 3.8) is 0 Å². The van der Waals surface area contributed by atoms with Crippen LogP contribution < -0.4 is 26.6 Å². The Morgan fingerprint density at radius 1 is 0.947 bits per heavy atom. The molecule has 0 aromatic heterocycles. The van der Waals surface area contributed by atoms with Gasteiger partial charge in [-0.2, -0.15) is 0 Å². The Labute approximate surface area is 227 Å². The van der Waals surface area contributed by atoms with E-state index < -0.39 is 18.2 Å². The van der Waals surface area contributed by atoms with Gasteiger partial charge in [-0.05, 0) is 70.6 Å². The van der Waals surface area contributed by atoms with E-state index in [-0.39, 0.29) is 48.6 Å². The second-order valence-corrected chi connectivity index (χ2v) is 11.9. The first-order chi connectivity index (χ1) is 18.4. The molecule has 9 nitrogen and oxygen atoms in total. The van der Waals surface area contributed by atoms with Gasteiger partial charge in [-0.3, -0.25) is 20.2 Å². The molecule has 2 aliphatic heterocycles. The van der Waals surface area contributed by atoms with Gasteiger partial charge in [0.1, 0.15) is 12.2 Å². The van der Waals surface area contributed by atoms with Crippen molar-refractivity contribution in [2.45, 2.75) is 140 Å². The lowest BCUT2D eigenvalue weighted by Gasteiger charge is -2.36. The second-order valence-electron chi connectivity index (χ2n) is 11.9. The number of alkyl halides is 1. The summed E-state index contributed by atoms with van der Waals surface area (Å²) in [6, 6.07) is -1.75. The molecule has 2 saturated heterocycles. The summed E-state index contributed by atoms with van der Waals surface area (Å²) >= 11 is 0. The van der Waals surface area contributed by atoms with Crippen LogP contribution in [0.5, 0.6) is 0 Å². The van der Waals surface area contributed by atoms with Crippen LogP contribution in [0.1, 0.15) is 97.3 Å². The normalized spacial score (nSPS) is 31.7. The Morgan fingerprint density at radius 3 is 2.45 bits per heavy atom. The summed E-state index contributed by atoms with van der Waals surface area (Å²) in [6.07, 6.45) is 10.8. The highest BCUT2D eigenvalue weighted by atomic mass is 19.1. The molecule has 0 spiro atoms. The zero-order valence-corrected chi connectivity index (χ0v) is 23.3. The Morgan fingerprint density at radius 2 is 1.71 bits per heavy atom. The average Bonchev–Trinajstić information content (AvgIpc) is 3.38. The smallest absolute Gasteiger partial charge is 0.315 e. The highest BCUT2D eigenvalue weighted by Gasteiger charge is 2.43. The predicted octanol–water partition coefficient (Wildman–Crippen LogP) is 2.70. The molecule has 216 valence electrons. The van der Waals surface area contributed by atoms with Gasteiger partial charge >= 0.3 is 6.03 Å². The lowest BCUT2D eigenvalue weighted by molar-refractivity contribution is -0.138. The lowest BCUT2D eigenvalue weighted by Crippen LogP contribution is -2.58. The molecule has 2 saturated carbocycles. The third-order valence-corrected chi connectivity index (χ3v) is 9.15. The number of hydrogen-bond acceptors (Lipinski definition) is 5. The maximum atomic E-state index is 14.4. The quantitative estimate of drug-likeness (QED) is 0.311. The number of urea groups is 1. The fourth-order valence-corrected chi connectivity index (χ4v) is 6.83. The fourth-order valence-electron chi connectivity index (χ4n) is 6.83. The SMILES string of the molecule is CC[C@H]1CCCCN1C(=O)C[C@H](NC(=O)NCC1CCCCC1)C(=O)N[C@@H](C)C1NC2CCCC(F)C2N1. The largest absolute Gasteiger partial charge is 0.349 e. The molecular weight excluding hydrogens is 487 g/mol. The van der Waals surface area contributed by atoms with E-state index in [2.05, 4.69) is 33.5 Å². The van der Waals surface area contributed by atoms with E-state index >= 15 is 0 Å². The molecule has 2 aliphatic carbocycles. The third kappa shape index (κ3) is 7.58. The van der Waals surface area contributed by atoms with E-state index in [1.165, 1.54) is 19.3 Å². The lowest BCUT2D eigenvalue weighted by atomic mass is 9.89. The number of piperidine rings is 1. The van der Waals surface area contributed by atoms with Crippen LogP contribution >= 0.6 is 0 Å². The van der Waals surface area contributed by atoms with Gasteiger partial charge in [-0.25, -0.2) is 9.18 Å². The highest BCUT2D eigenvalue weighted by Crippen LogP contribution is 2.26. The molecule has 4 fully saturated rings. The summed E-state index contributed by atoms with van der Waals surface area (Å²) in [5.41, 5.74) is 0. The Balaban J connectivity index is 1.36. The second kappa shape index (κ2) is 13.9. The van der Waals surface area contributed by atoms with Gasteiger partial charge in [0.15, 0.2) is 0 Å². The van der Waals surface area contributed by atoms with Crippen molar-refractivity contribution in [3.05, 3.63) is 0 Å². The van der Waals surface area contributed by atoms with Crippen molar-refractivity contribution in [2.24, 2.45) is 5.92 Å². The summed E-state index contributed by atoms with van der Waals surface area (Å²) in [5, 5.41) is 15.5. The molecular formula is C28H49FN6O3. The van der Waals surface area contributed by atoms with Gasteiger partial charge < -0.3 is 20.9 Å². The molecule has 4 amide bonds. The minimum absolute atomic E-state index is 0.0502. The van der Waals surface area contributed by atoms with Gasteiger partial charge in [-0.1, -0.05) is 26.2 Å². The molecule has 0 bridgehead atoms. The van der Waals surface area contributed by atoms with Crippen LogP contribution in [0.25, 0.3) is 0 Å². The van der Waals surface area contributed by atoms with Crippen molar-refractivity contribution >= 4 is 17.8 Å². The van der Waals surface area contributed by atoms with E-state index in [1.54, 1.807) is 0 Å². The Bertz CT molecular complexity index is 809. The van der Waals surface area contributed by atoms with Gasteiger partial charge in [0.2, 0.25) is 11.8 Å². The molecule has 38 heavy (non-hydrogen) atoms. The Hall–Kier alpha value is -1.94. The average molecular weight is 537 g/mol. The monoisotopic (exact) mass is 536 g/mol. The van der Waals surface area contributed by atoms with Crippen molar-refractivity contribution in [3.8, 4) is 0 Å². The van der Waals surface area contributed by atoms with Crippen LogP contribution in [0.4, 0.5) is 9.18 Å². The number of fused-ring (bicyclic) bond motifs is 1. The summed E-state index contributed by atoms with van der Waals surface area (Å²) < 4.78 is 14.4. The van der Waals surface area contributed by atoms with Crippen molar-refractivity contribution in [1.29, 1.82) is 0 Å². The highest BCUT2D eigenvalue weighted by molar-refractivity contribution is 5.92. The molecule has 4 rings (SSSR count). The number of likely N-dealkylation sites (tertiary alicyclic amines) is 1. The third-order valence-electron chi connectivity index (χ3n) is 9.15. The number of hydrogen-bond donors (Lipinski definition) is 5. The predicted molar refractivity (Wildman–Crippen MR) is 145 cm³/mol. The first-order valence-electron chi connectivity index (χ1n) is 15.2. The first-order valence-corrected chi connectivity index (χ1v) is 15.2. The molecule has 2 heterocycles. The van der Waals surface area contributed by atoms with Crippen LogP contribution in [0.15, 0.2) is 0 Å². The van der Waals surface area contributed by atoms with Crippen molar-refractivity contribution < 1.29 is 18.8 Å². The number of carbonyl (C=O) groups is 3. The van der Waals surface area contributed by atoms with Crippen molar-refractivity contribution in [2.75, 3.05) is 13.1 Å². The molecule has 5 N–H and O–H groups in total. The van der Waals surface area contributed by atoms with Gasteiger partial charge in [0.05, 0.1) is 24.7 Å². The molecule has 0 aromatic rings. The minimum atomic E-state index is -0.978. The van der Waals surface area contributed by atoms with E-state index in [0.717, 1.165) is 51.4 Å². The van der Waals surface area contributed by atoms with Gasteiger partial charge in [0, 0.05) is 25.2 Å². The number of amides is 4. The van der Waals surface area contributed by atoms with E-state index in [0.29, 0.717) is 25.4 Å². The number of carbonyl (C=O) groups excluding carboxylic acids is 3. The topological polar surface area (TPSA) is 115 Å². The molecule has 10 heteroatoms. The van der Waals surface area contributed by atoms with Gasteiger partial charge in [-0.15, -0.1) is 0 Å². The minimum Gasteiger partial charge on any atom is -0.349 e. The molecule has 0 radical (unpaired) electrons. The number of halogens is 1. The molecule has 4 unspecified atom stereocenters. The summed E-state index contributed by atoms with van der Waals surface area (Å²) in [5.74, 6) is -0.0243. The van der Waals surface area contributed by atoms with Crippen LogP contribution in [-0.2, 0) is 9.59 Å². The number of rotatable bonds is 9. The van der Waals surface area contributed by atoms with E-state index in [9.17, 15) is 18.8 Å². The molecule has 0 aromatic carbocycles. The number of nitrogens with zero attached hydrogens (tertiary/aromatic N) is 1. The van der Waals surface area contributed by atoms with E-state index in [4.69, 9.17) is 0 Å². The Kier molecular flexibility index (Phi) is 10.6. The first kappa shape index (κ1) is 29.1. The van der Waals surface area contributed by atoms with Crippen LogP contribution in [0.2, 0.25) is 0 Å². The van der Waals surface area contributed by atoms with E-state index in [1.807, 2.05) is 11.8 Å². The summed E-state index contributed by atoms with van der Waals surface area (Å²) in [7, 11) is 0. The zero-order valence-electron chi connectivity index (χ0n) is 23.3. The standard InChI is InChI=1S/C28H49FN6O3/c1-3-20-12-7-8-15-35(20)24(36)16-23(33-28(38)30-17-19-10-5-4-6-11-19)27(37)31-18(2)26-32-22-14-9-13-21(29)25(22)34-26/h18-23,25-26,32,34H,3-17H2,1-2H3,(H,31,37)(H2,30,33,38)/t18-,20-,21?,22?,23-,25?,26?/m0/s1. The fraction of sp³-hybridized carbons (Fsp3) is 0.893. The van der Waals surface area contributed by atoms with Crippen LogP contribution in [0, 0.1) is 5.92 Å². The summed E-state index contributed by atoms with van der Waals surface area (Å²) in [4.78, 5) is 41.5. The molecule has 7 atom stereocenters. The van der Waals surface area contributed by atoms with Crippen LogP contribution in [0.3, 0.4) is 0 Å². The summed E-state index contributed by atoms with van der Waals surface area (Å²) in [6.45, 7) is 5.23. The zero-order chi connectivity index (χ0) is 27.1.